The Morgan fingerprint density at radius 3 is 2.33 bits per heavy atom. The van der Waals surface area contributed by atoms with Gasteiger partial charge >= 0.3 is 6.18 Å². The van der Waals surface area contributed by atoms with E-state index in [-0.39, 0.29) is 23.3 Å². The monoisotopic (exact) mass is 366 g/mol. The third kappa shape index (κ3) is 5.35. The van der Waals surface area contributed by atoms with Gasteiger partial charge in [-0.3, -0.25) is 9.10 Å². The molecule has 1 aromatic rings. The molecule has 1 unspecified atom stereocenters. The lowest BCUT2D eigenvalue weighted by atomic mass is 10.0. The number of pyridine rings is 1. The molecule has 4 N–H and O–H groups in total. The second-order valence-electron chi connectivity index (χ2n) is 5.52. The molecular formula is C15H25F3N4OS. The van der Waals surface area contributed by atoms with Crippen LogP contribution >= 0.6 is 11.9 Å². The van der Waals surface area contributed by atoms with E-state index < -0.39 is 11.9 Å². The van der Waals surface area contributed by atoms with Gasteiger partial charge in [0.15, 0.2) is 0 Å². The summed E-state index contributed by atoms with van der Waals surface area (Å²) in [5, 5.41) is 2.39. The van der Waals surface area contributed by atoms with Crippen molar-refractivity contribution < 1.29 is 18.0 Å². The minimum Gasteiger partial charge on any atom is -0.344 e. The zero-order valence-electron chi connectivity index (χ0n) is 14.6. The van der Waals surface area contributed by atoms with Gasteiger partial charge in [-0.05, 0) is 51.6 Å². The number of amides is 1. The molecule has 2 rings (SSSR count). The van der Waals surface area contributed by atoms with Gasteiger partial charge in [-0.25, -0.2) is 4.98 Å². The van der Waals surface area contributed by atoms with Crippen molar-refractivity contribution in [1.82, 2.24) is 15.4 Å². The standard InChI is InChI=1S/C12H13F3N2O.C3H9NS.H3N/c1-6-3-4-8-9(6)17-11(12(13,14)15)7(2)10(8)16-5-18;1-4(2)5-3;/h5-6H,3-4H2,1-2H3,(H,16,17,18);1-3H3;1H3. The third-order valence-electron chi connectivity index (χ3n) is 3.70. The zero-order chi connectivity index (χ0) is 17.8. The van der Waals surface area contributed by atoms with Crippen LogP contribution in [0, 0.1) is 6.92 Å². The van der Waals surface area contributed by atoms with Crippen LogP contribution in [0.2, 0.25) is 0 Å². The number of carbonyl (C=O) groups excluding carboxylic acids is 1. The summed E-state index contributed by atoms with van der Waals surface area (Å²) in [6.07, 6.45) is -0.637. The van der Waals surface area contributed by atoms with Crippen molar-refractivity contribution in [3.05, 3.63) is 22.5 Å². The quantitative estimate of drug-likeness (QED) is 0.624. The van der Waals surface area contributed by atoms with Gasteiger partial charge in [0, 0.05) is 11.3 Å². The first kappa shape index (κ1) is 22.7. The fourth-order valence-corrected chi connectivity index (χ4v) is 2.43. The highest BCUT2D eigenvalue weighted by Gasteiger charge is 2.38. The first-order chi connectivity index (χ1) is 10.6. The summed E-state index contributed by atoms with van der Waals surface area (Å²) in [5.74, 6) is -0.00565. The van der Waals surface area contributed by atoms with Gasteiger partial charge in [0.05, 0.1) is 5.69 Å². The molecule has 1 heterocycles. The summed E-state index contributed by atoms with van der Waals surface area (Å²) in [7, 11) is 4.04. The van der Waals surface area contributed by atoms with Crippen LogP contribution < -0.4 is 11.5 Å². The largest absolute Gasteiger partial charge is 0.433 e. The van der Waals surface area contributed by atoms with E-state index in [1.165, 1.54) is 6.92 Å². The molecule has 1 atom stereocenters. The first-order valence-corrected chi connectivity index (χ1v) is 8.33. The van der Waals surface area contributed by atoms with Crippen molar-refractivity contribution in [3.8, 4) is 0 Å². The van der Waals surface area contributed by atoms with Crippen LogP contribution in [0.1, 0.15) is 41.8 Å². The first-order valence-electron chi connectivity index (χ1n) is 7.15. The van der Waals surface area contributed by atoms with E-state index >= 15 is 0 Å². The van der Waals surface area contributed by atoms with Crippen molar-refractivity contribution in [2.24, 2.45) is 0 Å². The Morgan fingerprint density at radius 2 is 1.92 bits per heavy atom. The lowest BCUT2D eigenvalue weighted by molar-refractivity contribution is -0.141. The fourth-order valence-electron chi connectivity index (χ4n) is 2.43. The molecule has 0 radical (unpaired) electrons. The molecular weight excluding hydrogens is 341 g/mol. The molecule has 1 aromatic heterocycles. The Balaban J connectivity index is 0.000000777. The minimum absolute atomic E-state index is 0. The van der Waals surface area contributed by atoms with Gasteiger partial charge in [-0.15, -0.1) is 0 Å². The zero-order valence-corrected chi connectivity index (χ0v) is 15.4. The van der Waals surface area contributed by atoms with Crippen LogP contribution in [-0.4, -0.2) is 36.1 Å². The summed E-state index contributed by atoms with van der Waals surface area (Å²) in [4.78, 5) is 14.3. The summed E-state index contributed by atoms with van der Waals surface area (Å²) < 4.78 is 40.7. The predicted octanol–water partition coefficient (Wildman–Crippen LogP) is 4.01. The Labute approximate surface area is 145 Å². The highest BCUT2D eigenvalue weighted by Crippen LogP contribution is 2.42. The predicted molar refractivity (Wildman–Crippen MR) is 92.6 cm³/mol. The molecule has 5 nitrogen and oxygen atoms in total. The molecule has 1 aliphatic carbocycles. The average molecular weight is 366 g/mol. The van der Waals surface area contributed by atoms with E-state index in [4.69, 9.17) is 0 Å². The van der Waals surface area contributed by atoms with Crippen molar-refractivity contribution in [2.75, 3.05) is 25.7 Å². The Morgan fingerprint density at radius 1 is 1.38 bits per heavy atom. The lowest BCUT2D eigenvalue weighted by Gasteiger charge is -2.17. The SMILES string of the molecule is CSN(C)C.Cc1c(C(F)(F)F)nc2c(c1NC=O)CCC2C.N. The Hall–Kier alpha value is -1.32. The van der Waals surface area contributed by atoms with Crippen LogP contribution in [0.4, 0.5) is 18.9 Å². The normalized spacial score (nSPS) is 16.0. The molecule has 138 valence electrons. The smallest absolute Gasteiger partial charge is 0.344 e. The number of nitrogens with one attached hydrogen (secondary N) is 1. The van der Waals surface area contributed by atoms with Crippen LogP contribution in [-0.2, 0) is 17.4 Å². The van der Waals surface area contributed by atoms with E-state index in [1.807, 2.05) is 31.6 Å². The molecule has 0 saturated carbocycles. The maximum absolute atomic E-state index is 12.9. The molecule has 0 bridgehead atoms. The molecule has 24 heavy (non-hydrogen) atoms. The number of alkyl halides is 3. The second-order valence-corrected chi connectivity index (χ2v) is 6.61. The van der Waals surface area contributed by atoms with Gasteiger partial charge in [0.2, 0.25) is 6.41 Å². The molecule has 1 aliphatic rings. The molecule has 0 fully saturated rings. The molecule has 0 saturated heterocycles. The fraction of sp³-hybridized carbons (Fsp3) is 0.600. The number of nitrogens with zero attached hydrogens (tertiary/aromatic N) is 2. The van der Waals surface area contributed by atoms with Crippen molar-refractivity contribution in [3.63, 3.8) is 0 Å². The van der Waals surface area contributed by atoms with E-state index in [9.17, 15) is 18.0 Å². The lowest BCUT2D eigenvalue weighted by Crippen LogP contribution is -2.15. The number of carbonyl (C=O) groups is 1. The van der Waals surface area contributed by atoms with Crippen molar-refractivity contribution in [2.45, 2.75) is 38.8 Å². The number of hydrogen-bond acceptors (Lipinski definition) is 5. The highest BCUT2D eigenvalue weighted by molar-refractivity contribution is 7.96. The third-order valence-corrected chi connectivity index (χ3v) is 4.43. The van der Waals surface area contributed by atoms with E-state index in [2.05, 4.69) is 10.3 Å². The molecule has 0 aliphatic heterocycles. The summed E-state index contributed by atoms with van der Waals surface area (Å²) in [6.45, 7) is 3.18. The van der Waals surface area contributed by atoms with Gasteiger partial charge in [0.1, 0.15) is 5.69 Å². The van der Waals surface area contributed by atoms with E-state index in [1.54, 1.807) is 11.9 Å². The van der Waals surface area contributed by atoms with Crippen LogP contribution in [0.3, 0.4) is 0 Å². The van der Waals surface area contributed by atoms with Gasteiger partial charge in [-0.2, -0.15) is 13.2 Å². The summed E-state index contributed by atoms with van der Waals surface area (Å²) >= 11 is 1.71. The number of anilines is 1. The Kier molecular flexibility index (Phi) is 8.73. The topological polar surface area (TPSA) is 80.2 Å². The number of hydrogen-bond donors (Lipinski definition) is 2. The average Bonchev–Trinajstić information content (AvgIpc) is 2.82. The van der Waals surface area contributed by atoms with Crippen LogP contribution in [0.15, 0.2) is 0 Å². The molecule has 1 amide bonds. The number of halogens is 3. The molecule has 0 aromatic carbocycles. The number of aromatic nitrogens is 1. The van der Waals surface area contributed by atoms with Gasteiger partial charge < -0.3 is 11.5 Å². The maximum Gasteiger partial charge on any atom is 0.433 e. The highest BCUT2D eigenvalue weighted by atomic mass is 32.2. The maximum atomic E-state index is 12.9. The molecule has 9 heteroatoms. The van der Waals surface area contributed by atoms with Crippen LogP contribution in [0.25, 0.3) is 0 Å². The number of rotatable bonds is 3. The van der Waals surface area contributed by atoms with Crippen LogP contribution in [0.5, 0.6) is 0 Å². The number of fused-ring (bicyclic) bond motifs is 1. The van der Waals surface area contributed by atoms with Crippen molar-refractivity contribution >= 4 is 24.0 Å². The van der Waals surface area contributed by atoms with Gasteiger partial charge in [-0.1, -0.05) is 18.9 Å². The summed E-state index contributed by atoms with van der Waals surface area (Å²) in [6, 6.07) is 0. The summed E-state index contributed by atoms with van der Waals surface area (Å²) in [5.41, 5.74) is 0.547. The molecule has 0 spiro atoms. The minimum atomic E-state index is -4.50. The Bertz CT molecular complexity index is 565. The van der Waals surface area contributed by atoms with E-state index in [0.29, 0.717) is 18.5 Å². The second kappa shape index (κ2) is 9.24. The van der Waals surface area contributed by atoms with Crippen molar-refractivity contribution in [1.29, 1.82) is 0 Å². The van der Waals surface area contributed by atoms with E-state index in [0.717, 1.165) is 12.0 Å². The van der Waals surface area contributed by atoms with Gasteiger partial charge in [0.25, 0.3) is 0 Å².